The minimum absolute atomic E-state index is 0.0498. The third-order valence-electron chi connectivity index (χ3n) is 10.9. The normalized spacial score (nSPS) is 20.9. The van der Waals surface area contributed by atoms with Gasteiger partial charge in [-0.3, -0.25) is 29.3 Å². The Labute approximate surface area is 368 Å². The van der Waals surface area contributed by atoms with Gasteiger partial charge in [0.2, 0.25) is 29.5 Å². The van der Waals surface area contributed by atoms with Crippen LogP contribution in [-0.4, -0.2) is 130 Å². The van der Waals surface area contributed by atoms with Crippen LogP contribution >= 0.6 is 0 Å². The third-order valence-corrected chi connectivity index (χ3v) is 10.9. The van der Waals surface area contributed by atoms with Crippen molar-refractivity contribution in [3.8, 4) is 0 Å². The van der Waals surface area contributed by atoms with Crippen molar-refractivity contribution in [2.75, 3.05) is 13.2 Å². The third kappa shape index (κ3) is 24.1. The first kappa shape index (κ1) is 54.2. The number of aliphatic hydroxyl groups excluding tert-OH is 2. The molecule has 0 aromatic heterocycles. The van der Waals surface area contributed by atoms with Crippen LogP contribution in [0.5, 0.6) is 0 Å². The van der Waals surface area contributed by atoms with Gasteiger partial charge in [0, 0.05) is 26.3 Å². The molecule has 11 N–H and O–H groups in total. The molecule has 1 heterocycles. The van der Waals surface area contributed by atoms with Gasteiger partial charge in [-0.1, -0.05) is 96.8 Å². The Morgan fingerprint density at radius 2 is 1.31 bits per heavy atom. The lowest BCUT2D eigenvalue weighted by Gasteiger charge is -2.45. The van der Waals surface area contributed by atoms with Crippen LogP contribution in [0, 0.1) is 0 Å². The predicted molar refractivity (Wildman–Crippen MR) is 230 cm³/mol. The van der Waals surface area contributed by atoms with E-state index in [9.17, 15) is 54.0 Å². The fourth-order valence-electron chi connectivity index (χ4n) is 7.17. The monoisotopic (exact) mass is 888 g/mol. The van der Waals surface area contributed by atoms with Crippen LogP contribution in [0.1, 0.15) is 163 Å². The molecule has 62 heavy (non-hydrogen) atoms. The minimum Gasteiger partial charge on any atom is -0.480 e. The highest BCUT2D eigenvalue weighted by Crippen LogP contribution is 2.24. The molecular weight excluding hydrogens is 809 g/mol. The summed E-state index contributed by atoms with van der Waals surface area (Å²) in [5.41, 5.74) is 5.49. The lowest BCUT2D eigenvalue weighted by Crippen LogP contribution is -2.70. The molecular formula is C43H78N6O13. The SMILES string of the molecule is [2H]N(C1O[C@H](CO)[C@@H](O)[C@H](O[C@H](C)C(=O)O)[C@H]1NC(C)=O)[C@@H](C)C(=O)N[C@@H](CCC(=O)N[C@@H](CCCCNC(=O)CCCCCCCCCCCCCCCCC)C(=O)O)C(N)=O. The number of carboxylic acid groups (broad SMARTS) is 2. The average Bonchev–Trinajstić information content (AvgIpc) is 3.23. The van der Waals surface area contributed by atoms with E-state index in [0.29, 0.717) is 31.1 Å². The number of primary amides is 1. The summed E-state index contributed by atoms with van der Waals surface area (Å²) in [6, 6.07) is -5.56. The lowest BCUT2D eigenvalue weighted by molar-refractivity contribution is -0.226. The number of ether oxygens (including phenoxy) is 2. The van der Waals surface area contributed by atoms with E-state index in [0.717, 1.165) is 26.2 Å². The zero-order chi connectivity index (χ0) is 47.3. The van der Waals surface area contributed by atoms with Crippen LogP contribution in [0.25, 0.3) is 0 Å². The van der Waals surface area contributed by atoms with E-state index in [-0.39, 0.29) is 18.7 Å². The summed E-state index contributed by atoms with van der Waals surface area (Å²) in [5.74, 6) is -6.09. The molecule has 19 nitrogen and oxygen atoms in total. The first-order valence-electron chi connectivity index (χ1n) is 23.1. The largest absolute Gasteiger partial charge is 0.480 e. The van der Waals surface area contributed by atoms with Crippen molar-refractivity contribution in [2.24, 2.45) is 5.73 Å². The van der Waals surface area contributed by atoms with Crippen LogP contribution in [0.15, 0.2) is 0 Å². The molecule has 1 rings (SSSR count). The Kier molecular flexibility index (Phi) is 28.6. The van der Waals surface area contributed by atoms with Crippen molar-refractivity contribution < 1.29 is 64.9 Å². The molecule has 0 aliphatic carbocycles. The molecule has 0 aromatic carbocycles. The Bertz CT molecular complexity index is 1400. The molecule has 1 saturated heterocycles. The molecule has 1 fully saturated rings. The summed E-state index contributed by atoms with van der Waals surface area (Å²) in [6.45, 7) is 5.33. The highest BCUT2D eigenvalue weighted by Gasteiger charge is 2.48. The highest BCUT2D eigenvalue weighted by atomic mass is 16.6. The fourth-order valence-corrected chi connectivity index (χ4v) is 7.17. The minimum atomic E-state index is -1.65. The number of rotatable bonds is 36. The number of hydrogen-bond acceptors (Lipinski definition) is 12. The number of carbonyl (C=O) groups is 7. The van der Waals surface area contributed by atoms with E-state index in [1.165, 1.54) is 90.9 Å². The van der Waals surface area contributed by atoms with Crippen LogP contribution in [0.4, 0.5) is 0 Å². The van der Waals surface area contributed by atoms with Crippen molar-refractivity contribution in [3.05, 3.63) is 0 Å². The van der Waals surface area contributed by atoms with E-state index >= 15 is 0 Å². The first-order chi connectivity index (χ1) is 29.9. The number of aliphatic carboxylic acids is 2. The second-order valence-electron chi connectivity index (χ2n) is 16.4. The molecule has 19 heteroatoms. The zero-order valence-corrected chi connectivity index (χ0v) is 37.4. The molecule has 1 unspecified atom stereocenters. The maximum atomic E-state index is 13.3. The topological polar surface area (TPSA) is 305 Å². The summed E-state index contributed by atoms with van der Waals surface area (Å²) in [7, 11) is 0. The standard InChI is InChI=1S/C43H78N6O13/c1-5-6-7-8-9-10-11-12-13-14-15-16-17-18-19-23-34(52)45-26-21-20-22-32(43(59)60)48-35(53)25-24-31(39(44)55)49-40(56)28(2)46-41-36(47-30(4)51)38(61-29(3)42(57)58)37(54)33(27-50)62-41/h28-29,31-33,36-38,41,46,50,54H,5-27H2,1-4H3,(H2,44,55)(H,45,52)(H,47,51)(H,48,53)(H,49,56)(H,57,58)(H,59,60)/t28-,29+,31-,32-,33+,36+,37+,38+,41?/m0/s1/i/hD. The van der Waals surface area contributed by atoms with Gasteiger partial charge in [-0.15, -0.1) is 0 Å². The molecule has 1 aliphatic heterocycles. The Hall–Kier alpha value is -3.91. The van der Waals surface area contributed by atoms with Gasteiger partial charge in [-0.05, 0) is 46.0 Å². The van der Waals surface area contributed by atoms with Crippen molar-refractivity contribution in [1.82, 2.24) is 26.6 Å². The van der Waals surface area contributed by atoms with E-state index in [4.69, 9.17) is 16.6 Å². The van der Waals surface area contributed by atoms with E-state index in [1.807, 2.05) is 0 Å². The van der Waals surface area contributed by atoms with Crippen molar-refractivity contribution in [1.29, 1.82) is 0 Å². The van der Waals surface area contributed by atoms with Gasteiger partial charge in [0.05, 0.1) is 18.7 Å². The van der Waals surface area contributed by atoms with Crippen molar-refractivity contribution in [2.45, 2.75) is 217 Å². The number of carbonyl (C=O) groups excluding carboxylic acids is 5. The maximum absolute atomic E-state index is 13.3. The second kappa shape index (κ2) is 32.7. The van der Waals surface area contributed by atoms with Crippen molar-refractivity contribution in [3.63, 3.8) is 0 Å². The highest BCUT2D eigenvalue weighted by molar-refractivity contribution is 5.89. The number of aliphatic hydroxyl groups is 2. The van der Waals surface area contributed by atoms with Crippen molar-refractivity contribution >= 4 is 41.5 Å². The van der Waals surface area contributed by atoms with Crippen LogP contribution in [-0.2, 0) is 43.0 Å². The number of carboxylic acids is 2. The summed E-state index contributed by atoms with van der Waals surface area (Å²) >= 11 is 0. The van der Waals surface area contributed by atoms with Crippen LogP contribution < -0.4 is 32.3 Å². The molecule has 9 atom stereocenters. The number of unbranched alkanes of at least 4 members (excludes halogenated alkanes) is 15. The molecule has 0 aromatic rings. The molecule has 1 aliphatic rings. The fraction of sp³-hybridized carbons (Fsp3) is 0.837. The molecule has 5 amide bonds. The Morgan fingerprint density at radius 1 is 0.742 bits per heavy atom. The lowest BCUT2D eigenvalue weighted by atomic mass is 9.95. The number of nitrogens with two attached hydrogens (primary N) is 1. The van der Waals surface area contributed by atoms with E-state index in [1.54, 1.807) is 0 Å². The summed E-state index contributed by atoms with van der Waals surface area (Å²) in [5, 5.41) is 50.3. The quantitative estimate of drug-likeness (QED) is 0.0404. The molecule has 358 valence electrons. The number of hydrogen-bond donors (Lipinski definition) is 10. The van der Waals surface area contributed by atoms with Crippen LogP contribution in [0.3, 0.4) is 0 Å². The Balaban J connectivity index is 2.50. The molecule has 0 saturated carbocycles. The number of nitrogens with one attached hydrogen (secondary N) is 5. The Morgan fingerprint density at radius 3 is 1.81 bits per heavy atom. The molecule has 0 radical (unpaired) electrons. The second-order valence-corrected chi connectivity index (χ2v) is 16.4. The van der Waals surface area contributed by atoms with Gasteiger partial charge in [0.25, 0.3) is 0 Å². The van der Waals surface area contributed by atoms with E-state index < -0.39 is 103 Å². The first-order valence-corrected chi connectivity index (χ1v) is 22.7. The summed E-state index contributed by atoms with van der Waals surface area (Å²) in [4.78, 5) is 86.1. The summed E-state index contributed by atoms with van der Waals surface area (Å²) in [6.07, 6.45) is 11.7. The van der Waals surface area contributed by atoms with Crippen LogP contribution in [0.2, 0.25) is 1.41 Å². The summed E-state index contributed by atoms with van der Waals surface area (Å²) < 4.78 is 19.8. The average molecular weight is 888 g/mol. The molecule has 0 bridgehead atoms. The van der Waals surface area contributed by atoms with Gasteiger partial charge in [0.1, 0.15) is 38.0 Å². The number of amides is 5. The van der Waals surface area contributed by atoms with Gasteiger partial charge in [-0.2, -0.15) is 0 Å². The maximum Gasteiger partial charge on any atom is 0.332 e. The van der Waals surface area contributed by atoms with Gasteiger partial charge in [0.15, 0.2) is 6.10 Å². The van der Waals surface area contributed by atoms with Gasteiger partial charge in [-0.25, -0.2) is 9.59 Å². The van der Waals surface area contributed by atoms with Gasteiger partial charge < -0.3 is 56.9 Å². The zero-order valence-electron chi connectivity index (χ0n) is 38.4. The molecule has 0 spiro atoms. The predicted octanol–water partition coefficient (Wildman–Crippen LogP) is 2.27. The van der Waals surface area contributed by atoms with E-state index in [2.05, 4.69) is 28.2 Å². The van der Waals surface area contributed by atoms with Gasteiger partial charge >= 0.3 is 11.9 Å². The smallest absolute Gasteiger partial charge is 0.332 e.